The van der Waals surface area contributed by atoms with Crippen LogP contribution in [0.3, 0.4) is 0 Å². The number of halogens is 1. The van der Waals surface area contributed by atoms with Crippen molar-refractivity contribution in [1.29, 1.82) is 0 Å². The average Bonchev–Trinajstić information content (AvgIpc) is 1.81. The van der Waals surface area contributed by atoms with Crippen LogP contribution in [0.1, 0.15) is 0 Å². The second-order valence-corrected chi connectivity index (χ2v) is 1.22. The molecule has 0 aliphatic heterocycles. The molecule has 0 heterocycles. The molecular weight excluding hydrogens is 126 g/mol. The van der Waals surface area contributed by atoms with Gasteiger partial charge in [-0.25, -0.2) is 0 Å². The molecule has 0 aromatic carbocycles. The van der Waals surface area contributed by atoms with E-state index in [-0.39, 0.29) is 0 Å². The van der Waals surface area contributed by atoms with Crippen molar-refractivity contribution in [2.75, 3.05) is 6.61 Å². The van der Waals surface area contributed by atoms with Gasteiger partial charge in [0.15, 0.2) is 0 Å². The van der Waals surface area contributed by atoms with Crippen LogP contribution in [0.4, 0.5) is 0 Å². The first-order valence-corrected chi connectivity index (χ1v) is 2.53. The highest BCUT2D eigenvalue weighted by Crippen LogP contribution is 1.79. The summed E-state index contributed by atoms with van der Waals surface area (Å²) in [6, 6.07) is 0. The summed E-state index contributed by atoms with van der Waals surface area (Å²) in [7, 11) is 0. The van der Waals surface area contributed by atoms with E-state index < -0.39 is 0 Å². The molecular formula is C5H7ClNO. The minimum absolute atomic E-state index is 0.418. The predicted octanol–water partition coefficient (Wildman–Crippen LogP) is 1.58. The molecule has 0 fully saturated rings. The van der Waals surface area contributed by atoms with E-state index in [4.69, 9.17) is 11.6 Å². The molecule has 0 atom stereocenters. The van der Waals surface area contributed by atoms with Crippen LogP contribution in [0, 0.1) is 5.88 Å². The first-order chi connectivity index (χ1) is 3.91. The fourth-order valence-electron chi connectivity index (χ4n) is 0.162. The molecule has 8 heavy (non-hydrogen) atoms. The molecule has 0 aromatic rings. The summed E-state index contributed by atoms with van der Waals surface area (Å²) in [4.78, 5) is 4.56. The molecule has 3 heteroatoms. The summed E-state index contributed by atoms with van der Waals surface area (Å²) in [5, 5.41) is 3.40. The molecule has 0 aromatic heterocycles. The van der Waals surface area contributed by atoms with E-state index in [0.717, 1.165) is 0 Å². The Morgan fingerprint density at radius 3 is 3.00 bits per heavy atom. The van der Waals surface area contributed by atoms with Gasteiger partial charge in [-0.1, -0.05) is 17.8 Å². The third kappa shape index (κ3) is 5.50. The van der Waals surface area contributed by atoms with Crippen molar-refractivity contribution in [3.8, 4) is 0 Å². The van der Waals surface area contributed by atoms with E-state index in [1.807, 2.05) is 0 Å². The quantitative estimate of drug-likeness (QED) is 0.246. The normalized spacial score (nSPS) is 9.62. The Bertz CT molecular complexity index is 82.5. The van der Waals surface area contributed by atoms with Crippen molar-refractivity contribution in [1.82, 2.24) is 0 Å². The molecule has 0 unspecified atom stereocenters. The Hall–Kier alpha value is -0.500. The fourth-order valence-corrected chi connectivity index (χ4v) is 0.208. The largest absolute Gasteiger partial charge is 0.392 e. The van der Waals surface area contributed by atoms with Gasteiger partial charge in [0.2, 0.25) is 0 Å². The fraction of sp³-hybridized carbons (Fsp3) is 0.200. The SMILES string of the molecule is C=CCO/N=C\[CH]Cl. The maximum atomic E-state index is 5.10. The Morgan fingerprint density at radius 2 is 2.50 bits per heavy atom. The van der Waals surface area contributed by atoms with Crippen LogP contribution < -0.4 is 0 Å². The van der Waals surface area contributed by atoms with Gasteiger partial charge in [-0.2, -0.15) is 0 Å². The van der Waals surface area contributed by atoms with Crippen molar-refractivity contribution >= 4 is 17.8 Å². The third-order valence-corrected chi connectivity index (χ3v) is 0.497. The van der Waals surface area contributed by atoms with Gasteiger partial charge in [0.25, 0.3) is 0 Å². The predicted molar refractivity (Wildman–Crippen MR) is 34.8 cm³/mol. The number of nitrogens with zero attached hydrogens (tertiary/aromatic N) is 1. The van der Waals surface area contributed by atoms with Crippen molar-refractivity contribution in [2.24, 2.45) is 5.16 Å². The zero-order chi connectivity index (χ0) is 6.24. The summed E-state index contributed by atoms with van der Waals surface area (Å²) in [5.74, 6) is 1.27. The van der Waals surface area contributed by atoms with E-state index in [0.29, 0.717) is 6.61 Å². The number of rotatable bonds is 4. The zero-order valence-corrected chi connectivity index (χ0v) is 5.14. The van der Waals surface area contributed by atoms with Crippen LogP contribution in [-0.4, -0.2) is 12.8 Å². The van der Waals surface area contributed by atoms with Crippen LogP contribution in [0.2, 0.25) is 0 Å². The maximum Gasteiger partial charge on any atom is 0.135 e. The molecule has 0 aliphatic carbocycles. The Kier molecular flexibility index (Phi) is 6.09. The lowest BCUT2D eigenvalue weighted by molar-refractivity contribution is 0.176. The molecule has 0 saturated carbocycles. The van der Waals surface area contributed by atoms with Gasteiger partial charge in [-0.15, -0.1) is 11.6 Å². The van der Waals surface area contributed by atoms with Gasteiger partial charge in [0.1, 0.15) is 6.61 Å². The molecule has 2 nitrogen and oxygen atoms in total. The molecule has 0 amide bonds. The minimum Gasteiger partial charge on any atom is -0.392 e. The molecule has 0 spiro atoms. The Balaban J connectivity index is 2.90. The monoisotopic (exact) mass is 132 g/mol. The number of oxime groups is 1. The second-order valence-electron chi connectivity index (χ2n) is 0.965. The van der Waals surface area contributed by atoms with E-state index in [9.17, 15) is 0 Å². The smallest absolute Gasteiger partial charge is 0.135 e. The van der Waals surface area contributed by atoms with Crippen molar-refractivity contribution in [2.45, 2.75) is 0 Å². The molecule has 0 aliphatic rings. The lowest BCUT2D eigenvalue weighted by Gasteiger charge is -1.87. The summed E-state index contributed by atoms with van der Waals surface area (Å²) >= 11 is 5.10. The average molecular weight is 133 g/mol. The standard InChI is InChI=1S/C5H7ClNO/c1-2-5-8-7-4-3-6/h2-4H,1,5H2/b7-4-. The lowest BCUT2D eigenvalue weighted by atomic mass is 10.7. The van der Waals surface area contributed by atoms with Gasteiger partial charge in [0, 0.05) is 0 Å². The van der Waals surface area contributed by atoms with Gasteiger partial charge in [-0.3, -0.25) is 0 Å². The first-order valence-electron chi connectivity index (χ1n) is 2.10. The third-order valence-electron chi connectivity index (χ3n) is 0.384. The van der Waals surface area contributed by atoms with E-state index in [2.05, 4.69) is 16.6 Å². The second kappa shape index (κ2) is 6.50. The highest BCUT2D eigenvalue weighted by atomic mass is 35.5. The van der Waals surface area contributed by atoms with Crippen LogP contribution in [0.5, 0.6) is 0 Å². The maximum absolute atomic E-state index is 5.10. The van der Waals surface area contributed by atoms with Gasteiger partial charge in [0.05, 0.1) is 12.1 Å². The molecule has 0 bridgehead atoms. The van der Waals surface area contributed by atoms with E-state index >= 15 is 0 Å². The van der Waals surface area contributed by atoms with Gasteiger partial charge in [-0.05, 0) is 0 Å². The van der Waals surface area contributed by atoms with Crippen LogP contribution in [-0.2, 0) is 4.84 Å². The molecule has 45 valence electrons. The van der Waals surface area contributed by atoms with Crippen LogP contribution >= 0.6 is 11.6 Å². The minimum atomic E-state index is 0.418. The zero-order valence-electron chi connectivity index (χ0n) is 4.38. The van der Waals surface area contributed by atoms with Crippen LogP contribution in [0.15, 0.2) is 17.8 Å². The highest BCUT2D eigenvalue weighted by Gasteiger charge is 1.70. The molecule has 0 saturated heterocycles. The number of hydrogen-bond donors (Lipinski definition) is 0. The number of hydrogen-bond acceptors (Lipinski definition) is 2. The molecule has 0 N–H and O–H groups in total. The summed E-state index contributed by atoms with van der Waals surface area (Å²) < 4.78 is 0. The first kappa shape index (κ1) is 7.50. The van der Waals surface area contributed by atoms with Crippen LogP contribution in [0.25, 0.3) is 0 Å². The van der Waals surface area contributed by atoms with Crippen molar-refractivity contribution in [3.05, 3.63) is 18.5 Å². The van der Waals surface area contributed by atoms with Crippen molar-refractivity contribution in [3.63, 3.8) is 0 Å². The van der Waals surface area contributed by atoms with Gasteiger partial charge >= 0.3 is 0 Å². The molecule has 1 radical (unpaired) electrons. The Labute approximate surface area is 53.8 Å². The van der Waals surface area contributed by atoms with E-state index in [1.54, 1.807) is 6.08 Å². The topological polar surface area (TPSA) is 21.6 Å². The Morgan fingerprint density at radius 1 is 1.75 bits per heavy atom. The van der Waals surface area contributed by atoms with Gasteiger partial charge < -0.3 is 4.84 Å². The summed E-state index contributed by atoms with van der Waals surface area (Å²) in [6.07, 6.45) is 2.95. The van der Waals surface area contributed by atoms with Crippen molar-refractivity contribution < 1.29 is 4.84 Å². The molecule has 0 rings (SSSR count). The summed E-state index contributed by atoms with van der Waals surface area (Å²) in [5.41, 5.74) is 0. The summed E-state index contributed by atoms with van der Waals surface area (Å²) in [6.45, 7) is 3.83. The highest BCUT2D eigenvalue weighted by molar-refractivity contribution is 6.31. The van der Waals surface area contributed by atoms with E-state index in [1.165, 1.54) is 12.1 Å². The lowest BCUT2D eigenvalue weighted by Crippen LogP contribution is -1.79.